The first-order chi connectivity index (χ1) is 7.63. The van der Waals surface area contributed by atoms with Gasteiger partial charge in [-0.25, -0.2) is 0 Å². The van der Waals surface area contributed by atoms with E-state index in [0.29, 0.717) is 12.3 Å². The molecule has 1 N–H and O–H groups in total. The number of hydrogen-bond acceptors (Lipinski definition) is 4. The maximum atomic E-state index is 8.92. The number of ether oxygens (including phenoxy) is 2. The fraction of sp³-hybridized carbons (Fsp3) is 0.500. The lowest BCUT2D eigenvalue weighted by Crippen LogP contribution is -2.22. The van der Waals surface area contributed by atoms with Crippen molar-refractivity contribution in [2.45, 2.75) is 6.92 Å². The summed E-state index contributed by atoms with van der Waals surface area (Å²) in [5.41, 5.74) is 2.13. The number of aryl methyl sites for hydroxylation is 1. The second-order valence-electron chi connectivity index (χ2n) is 3.64. The Balaban J connectivity index is 3.10. The molecule has 0 aliphatic carbocycles. The Kier molecular flexibility index (Phi) is 4.43. The highest BCUT2D eigenvalue weighted by molar-refractivity contribution is 5.61. The first-order valence-electron chi connectivity index (χ1n) is 5.18. The van der Waals surface area contributed by atoms with Gasteiger partial charge in [-0.05, 0) is 18.6 Å². The van der Waals surface area contributed by atoms with Gasteiger partial charge in [0.1, 0.15) is 0 Å². The molecule has 0 heterocycles. The Morgan fingerprint density at radius 1 is 1.19 bits per heavy atom. The fourth-order valence-electron chi connectivity index (χ4n) is 1.65. The highest BCUT2D eigenvalue weighted by atomic mass is 16.5. The Labute approximate surface area is 96.4 Å². The molecule has 0 radical (unpaired) electrons. The third kappa shape index (κ3) is 2.58. The highest BCUT2D eigenvalue weighted by Gasteiger charge is 2.11. The zero-order valence-corrected chi connectivity index (χ0v) is 10.3. The number of aliphatic hydroxyl groups is 1. The van der Waals surface area contributed by atoms with Crippen molar-refractivity contribution in [1.29, 1.82) is 0 Å². The van der Waals surface area contributed by atoms with Crippen molar-refractivity contribution in [3.8, 4) is 11.5 Å². The van der Waals surface area contributed by atoms with Gasteiger partial charge >= 0.3 is 0 Å². The van der Waals surface area contributed by atoms with Crippen molar-refractivity contribution in [3.05, 3.63) is 17.7 Å². The molecule has 0 unspecified atom stereocenters. The molecule has 1 aromatic carbocycles. The van der Waals surface area contributed by atoms with Gasteiger partial charge in [-0.3, -0.25) is 0 Å². The third-order valence-corrected chi connectivity index (χ3v) is 2.55. The smallest absolute Gasteiger partial charge is 0.162 e. The van der Waals surface area contributed by atoms with E-state index in [9.17, 15) is 0 Å². The second-order valence-corrected chi connectivity index (χ2v) is 3.64. The van der Waals surface area contributed by atoms with E-state index in [-0.39, 0.29) is 6.61 Å². The van der Waals surface area contributed by atoms with Crippen LogP contribution in [0.15, 0.2) is 12.1 Å². The predicted molar refractivity (Wildman–Crippen MR) is 64.6 cm³/mol. The van der Waals surface area contributed by atoms with Gasteiger partial charge in [-0.15, -0.1) is 0 Å². The normalized spacial score (nSPS) is 10.1. The van der Waals surface area contributed by atoms with Gasteiger partial charge in [0.05, 0.1) is 20.8 Å². The van der Waals surface area contributed by atoms with Crippen LogP contribution in [0.1, 0.15) is 5.56 Å². The standard InChI is InChI=1S/C12H19NO3/c1-9-7-11(15-3)12(16-4)8-10(9)13(2)5-6-14/h7-8,14H,5-6H2,1-4H3. The monoisotopic (exact) mass is 225 g/mol. The molecule has 0 aliphatic heterocycles. The second kappa shape index (κ2) is 5.61. The van der Waals surface area contributed by atoms with E-state index in [1.807, 2.05) is 31.0 Å². The summed E-state index contributed by atoms with van der Waals surface area (Å²) in [7, 11) is 5.17. The minimum atomic E-state index is 0.129. The fourth-order valence-corrected chi connectivity index (χ4v) is 1.65. The van der Waals surface area contributed by atoms with Crippen LogP contribution in [0.4, 0.5) is 5.69 Å². The quantitative estimate of drug-likeness (QED) is 0.823. The molecular formula is C12H19NO3. The summed E-state index contributed by atoms with van der Waals surface area (Å²) in [5.74, 6) is 1.43. The van der Waals surface area contributed by atoms with Gasteiger partial charge in [-0.2, -0.15) is 0 Å². The number of rotatable bonds is 5. The molecule has 16 heavy (non-hydrogen) atoms. The van der Waals surface area contributed by atoms with Crippen LogP contribution >= 0.6 is 0 Å². The van der Waals surface area contributed by atoms with E-state index in [4.69, 9.17) is 14.6 Å². The zero-order valence-electron chi connectivity index (χ0n) is 10.3. The van der Waals surface area contributed by atoms with Crippen LogP contribution in [0.5, 0.6) is 11.5 Å². The Morgan fingerprint density at radius 3 is 2.25 bits per heavy atom. The van der Waals surface area contributed by atoms with Crippen LogP contribution in [0.3, 0.4) is 0 Å². The lowest BCUT2D eigenvalue weighted by molar-refractivity contribution is 0.304. The van der Waals surface area contributed by atoms with Crippen LogP contribution in [-0.2, 0) is 0 Å². The molecular weight excluding hydrogens is 206 g/mol. The molecule has 0 amide bonds. The number of benzene rings is 1. The van der Waals surface area contributed by atoms with Crippen LogP contribution in [0.2, 0.25) is 0 Å². The largest absolute Gasteiger partial charge is 0.493 e. The molecule has 0 spiro atoms. The number of nitrogens with zero attached hydrogens (tertiary/aromatic N) is 1. The van der Waals surface area contributed by atoms with E-state index in [1.54, 1.807) is 14.2 Å². The summed E-state index contributed by atoms with van der Waals surface area (Å²) in [6.07, 6.45) is 0. The third-order valence-electron chi connectivity index (χ3n) is 2.55. The summed E-state index contributed by atoms with van der Waals surface area (Å²) in [4.78, 5) is 1.98. The maximum Gasteiger partial charge on any atom is 0.162 e. The van der Waals surface area contributed by atoms with Crippen LogP contribution < -0.4 is 14.4 Å². The van der Waals surface area contributed by atoms with Crippen LogP contribution in [0, 0.1) is 6.92 Å². The number of anilines is 1. The van der Waals surface area contributed by atoms with Gasteiger partial charge in [0.25, 0.3) is 0 Å². The van der Waals surface area contributed by atoms with Gasteiger partial charge in [0.15, 0.2) is 11.5 Å². The van der Waals surface area contributed by atoms with Crippen molar-refractivity contribution in [2.75, 3.05) is 39.3 Å². The Morgan fingerprint density at radius 2 is 1.75 bits per heavy atom. The minimum Gasteiger partial charge on any atom is -0.493 e. The minimum absolute atomic E-state index is 0.129. The number of likely N-dealkylation sites (N-methyl/N-ethyl adjacent to an activating group) is 1. The van der Waals surface area contributed by atoms with E-state index >= 15 is 0 Å². The first-order valence-corrected chi connectivity index (χ1v) is 5.18. The molecule has 4 heteroatoms. The summed E-state index contributed by atoms with van der Waals surface area (Å²) >= 11 is 0. The molecule has 0 saturated heterocycles. The molecule has 0 bridgehead atoms. The SMILES string of the molecule is COc1cc(C)c(N(C)CCO)cc1OC. The van der Waals surface area contributed by atoms with Crippen LogP contribution in [0.25, 0.3) is 0 Å². The van der Waals surface area contributed by atoms with Gasteiger partial charge in [0, 0.05) is 25.3 Å². The van der Waals surface area contributed by atoms with Crippen molar-refractivity contribution >= 4 is 5.69 Å². The van der Waals surface area contributed by atoms with Crippen molar-refractivity contribution < 1.29 is 14.6 Å². The first kappa shape index (κ1) is 12.6. The highest BCUT2D eigenvalue weighted by Crippen LogP contribution is 2.34. The summed E-state index contributed by atoms with van der Waals surface area (Å²) in [6.45, 7) is 2.73. The van der Waals surface area contributed by atoms with E-state index in [1.165, 1.54) is 0 Å². The lowest BCUT2D eigenvalue weighted by Gasteiger charge is -2.22. The predicted octanol–water partition coefficient (Wildman–Crippen LogP) is 1.44. The van der Waals surface area contributed by atoms with Gasteiger partial charge in [-0.1, -0.05) is 0 Å². The molecule has 0 atom stereocenters. The lowest BCUT2D eigenvalue weighted by atomic mass is 10.1. The van der Waals surface area contributed by atoms with E-state index < -0.39 is 0 Å². The molecule has 0 aliphatic rings. The maximum absolute atomic E-state index is 8.92. The van der Waals surface area contributed by atoms with Crippen molar-refractivity contribution in [1.82, 2.24) is 0 Å². The Hall–Kier alpha value is -1.42. The summed E-state index contributed by atoms with van der Waals surface area (Å²) < 4.78 is 10.5. The zero-order chi connectivity index (χ0) is 12.1. The molecule has 90 valence electrons. The topological polar surface area (TPSA) is 41.9 Å². The number of methoxy groups -OCH3 is 2. The van der Waals surface area contributed by atoms with Gasteiger partial charge < -0.3 is 19.5 Å². The average Bonchev–Trinajstić information content (AvgIpc) is 2.28. The van der Waals surface area contributed by atoms with Crippen molar-refractivity contribution in [2.24, 2.45) is 0 Å². The van der Waals surface area contributed by atoms with Crippen molar-refractivity contribution in [3.63, 3.8) is 0 Å². The molecule has 1 aromatic rings. The number of aliphatic hydroxyl groups excluding tert-OH is 1. The number of hydrogen-bond donors (Lipinski definition) is 1. The average molecular weight is 225 g/mol. The van der Waals surface area contributed by atoms with Gasteiger partial charge in [0.2, 0.25) is 0 Å². The summed E-state index contributed by atoms with van der Waals surface area (Å²) in [6, 6.07) is 3.85. The summed E-state index contributed by atoms with van der Waals surface area (Å²) in [5, 5.41) is 8.92. The van der Waals surface area contributed by atoms with Crippen LogP contribution in [-0.4, -0.2) is 39.5 Å². The molecule has 4 nitrogen and oxygen atoms in total. The molecule has 0 fully saturated rings. The van der Waals surface area contributed by atoms with E-state index in [2.05, 4.69) is 0 Å². The molecule has 1 rings (SSSR count). The van der Waals surface area contributed by atoms with E-state index in [0.717, 1.165) is 17.0 Å². The molecule has 0 aromatic heterocycles. The molecule has 0 saturated carbocycles. The Bertz CT molecular complexity index is 352.